The molecule has 0 aromatic rings. The molecule has 0 aliphatic heterocycles. The van der Waals surface area contributed by atoms with Crippen molar-refractivity contribution in [1.29, 1.82) is 0 Å². The van der Waals surface area contributed by atoms with Crippen molar-refractivity contribution in [3.05, 3.63) is 0 Å². The second-order valence-corrected chi connectivity index (χ2v) is 20.6. The van der Waals surface area contributed by atoms with Crippen molar-refractivity contribution >= 4 is 16.6 Å². The smallest absolute Gasteiger partial charge is 0.191 e. The minimum Gasteiger partial charge on any atom is -0.417 e. The van der Waals surface area contributed by atoms with Gasteiger partial charge in [0, 0.05) is 13.2 Å². The first-order valence-corrected chi connectivity index (χ1v) is 15.8. The summed E-state index contributed by atoms with van der Waals surface area (Å²) >= 11 is 0. The summed E-state index contributed by atoms with van der Waals surface area (Å²) in [6.45, 7) is 25.4. The first-order chi connectivity index (χ1) is 10.7. The zero-order chi connectivity index (χ0) is 18.8. The maximum atomic E-state index is 6.56. The van der Waals surface area contributed by atoms with Crippen molar-refractivity contribution in [2.24, 2.45) is 11.8 Å². The molecule has 1 rings (SSSR count). The minimum atomic E-state index is -1.64. The molecule has 1 fully saturated rings. The van der Waals surface area contributed by atoms with Crippen molar-refractivity contribution in [3.8, 4) is 0 Å². The van der Waals surface area contributed by atoms with E-state index in [1.807, 2.05) is 0 Å². The fourth-order valence-electron chi connectivity index (χ4n) is 2.79. The highest BCUT2D eigenvalue weighted by molar-refractivity contribution is 6.74. The van der Waals surface area contributed by atoms with Gasteiger partial charge in [-0.25, -0.2) is 0 Å². The highest BCUT2D eigenvalue weighted by atomic mass is 28.4. The van der Waals surface area contributed by atoms with E-state index in [2.05, 4.69) is 67.7 Å². The van der Waals surface area contributed by atoms with Gasteiger partial charge in [-0.1, -0.05) is 54.4 Å². The summed E-state index contributed by atoms with van der Waals surface area (Å²) in [6.07, 6.45) is 5.37. The molecule has 2 nitrogen and oxygen atoms in total. The van der Waals surface area contributed by atoms with Gasteiger partial charge in [0.2, 0.25) is 0 Å². The molecule has 0 aromatic carbocycles. The Labute approximate surface area is 154 Å². The first-order valence-electron chi connectivity index (χ1n) is 9.95. The third kappa shape index (κ3) is 5.96. The Balaban J connectivity index is 2.63. The van der Waals surface area contributed by atoms with Gasteiger partial charge in [0.1, 0.15) is 0 Å². The molecule has 1 aliphatic rings. The highest BCUT2D eigenvalue weighted by Gasteiger charge is 2.40. The van der Waals surface area contributed by atoms with E-state index in [9.17, 15) is 0 Å². The van der Waals surface area contributed by atoms with E-state index in [1.165, 1.54) is 25.7 Å². The van der Waals surface area contributed by atoms with Gasteiger partial charge >= 0.3 is 0 Å². The fraction of sp³-hybridized carbons (Fsp3) is 1.00. The summed E-state index contributed by atoms with van der Waals surface area (Å²) in [5.41, 5.74) is 0. The predicted molar refractivity (Wildman–Crippen MR) is 112 cm³/mol. The molecule has 144 valence electrons. The van der Waals surface area contributed by atoms with Crippen LogP contribution in [0.4, 0.5) is 0 Å². The van der Waals surface area contributed by atoms with Crippen LogP contribution < -0.4 is 0 Å². The van der Waals surface area contributed by atoms with Crippen LogP contribution in [0.15, 0.2) is 0 Å². The average Bonchev–Trinajstić information content (AvgIpc) is 2.41. The lowest BCUT2D eigenvalue weighted by Gasteiger charge is -2.41. The number of rotatable bonds is 6. The maximum absolute atomic E-state index is 6.56. The molecule has 0 saturated heterocycles. The molecule has 0 aromatic heterocycles. The summed E-state index contributed by atoms with van der Waals surface area (Å²) < 4.78 is 13.1. The van der Waals surface area contributed by atoms with Crippen LogP contribution in [0.5, 0.6) is 0 Å². The molecule has 0 radical (unpaired) electrons. The molecule has 4 heteroatoms. The Bertz CT molecular complexity index is 353. The van der Waals surface area contributed by atoms with Crippen LogP contribution in [0.3, 0.4) is 0 Å². The van der Waals surface area contributed by atoms with Crippen LogP contribution >= 0.6 is 0 Å². The van der Waals surface area contributed by atoms with Gasteiger partial charge in [0.25, 0.3) is 0 Å². The topological polar surface area (TPSA) is 18.5 Å². The zero-order valence-corrected chi connectivity index (χ0v) is 20.2. The van der Waals surface area contributed by atoms with Crippen molar-refractivity contribution < 1.29 is 8.85 Å². The molecule has 1 saturated carbocycles. The average molecular weight is 373 g/mol. The van der Waals surface area contributed by atoms with E-state index < -0.39 is 16.6 Å². The summed E-state index contributed by atoms with van der Waals surface area (Å²) in [5.74, 6) is 1.38. The molecule has 0 bridgehead atoms. The predicted octanol–water partition coefficient (Wildman–Crippen LogP) is 6.84. The molecule has 0 unspecified atom stereocenters. The van der Waals surface area contributed by atoms with E-state index in [0.717, 1.165) is 13.2 Å². The van der Waals surface area contributed by atoms with Crippen LogP contribution in [-0.2, 0) is 8.85 Å². The van der Waals surface area contributed by atoms with Crippen LogP contribution in [0.2, 0.25) is 36.3 Å². The Kier molecular flexibility index (Phi) is 7.40. The minimum absolute atomic E-state index is 0.300. The summed E-state index contributed by atoms with van der Waals surface area (Å²) in [5, 5.41) is 0.601. The number of hydrogen-bond acceptors (Lipinski definition) is 2. The highest BCUT2D eigenvalue weighted by Crippen LogP contribution is 2.40. The lowest BCUT2D eigenvalue weighted by Crippen LogP contribution is -2.45. The standard InChI is InChI=1S/C20H44O2Si2/c1-19(2,3)23(7,8)21-15-17-13-11-12-14-18(17)16-22-24(9,10)20(4,5)6/h17-18H,11-16H2,1-10H3/t17-,18+. The summed E-state index contributed by atoms with van der Waals surface area (Å²) in [6, 6.07) is 0. The van der Waals surface area contributed by atoms with E-state index >= 15 is 0 Å². The van der Waals surface area contributed by atoms with E-state index in [-0.39, 0.29) is 0 Å². The van der Waals surface area contributed by atoms with Crippen LogP contribution in [0.25, 0.3) is 0 Å². The second-order valence-electron chi connectivity index (χ2n) is 10.9. The van der Waals surface area contributed by atoms with Crippen LogP contribution in [-0.4, -0.2) is 29.8 Å². The summed E-state index contributed by atoms with van der Waals surface area (Å²) in [7, 11) is -3.28. The Morgan fingerprint density at radius 1 is 0.667 bits per heavy atom. The second kappa shape index (κ2) is 7.93. The Morgan fingerprint density at radius 3 is 1.21 bits per heavy atom. The van der Waals surface area contributed by atoms with Crippen molar-refractivity contribution in [1.82, 2.24) is 0 Å². The quantitative estimate of drug-likeness (QED) is 0.475. The maximum Gasteiger partial charge on any atom is 0.191 e. The Hall–Kier alpha value is 0.354. The normalized spacial score (nSPS) is 24.2. The molecule has 1 aliphatic carbocycles. The molecule has 0 heterocycles. The lowest BCUT2D eigenvalue weighted by molar-refractivity contribution is 0.0939. The largest absolute Gasteiger partial charge is 0.417 e. The van der Waals surface area contributed by atoms with Gasteiger partial charge in [-0.2, -0.15) is 0 Å². The fourth-order valence-corrected chi connectivity index (χ4v) is 4.91. The molecular weight excluding hydrogens is 328 g/mol. The van der Waals surface area contributed by atoms with Gasteiger partial charge in [0.15, 0.2) is 16.6 Å². The van der Waals surface area contributed by atoms with Crippen molar-refractivity contribution in [3.63, 3.8) is 0 Å². The van der Waals surface area contributed by atoms with E-state index in [4.69, 9.17) is 8.85 Å². The van der Waals surface area contributed by atoms with Gasteiger partial charge in [-0.3, -0.25) is 0 Å². The molecule has 2 atom stereocenters. The summed E-state index contributed by atoms with van der Waals surface area (Å²) in [4.78, 5) is 0. The third-order valence-electron chi connectivity index (χ3n) is 7.00. The molecule has 24 heavy (non-hydrogen) atoms. The van der Waals surface area contributed by atoms with E-state index in [1.54, 1.807) is 0 Å². The van der Waals surface area contributed by atoms with Gasteiger partial charge < -0.3 is 8.85 Å². The number of hydrogen-bond donors (Lipinski definition) is 0. The van der Waals surface area contributed by atoms with Crippen molar-refractivity contribution in [2.45, 2.75) is 103 Å². The zero-order valence-electron chi connectivity index (χ0n) is 18.2. The third-order valence-corrected chi connectivity index (χ3v) is 16.0. The van der Waals surface area contributed by atoms with Gasteiger partial charge in [-0.05, 0) is 60.9 Å². The van der Waals surface area contributed by atoms with Crippen LogP contribution in [0, 0.1) is 11.8 Å². The molecule has 0 spiro atoms. The monoisotopic (exact) mass is 372 g/mol. The van der Waals surface area contributed by atoms with Gasteiger partial charge in [-0.15, -0.1) is 0 Å². The van der Waals surface area contributed by atoms with Gasteiger partial charge in [0.05, 0.1) is 0 Å². The Morgan fingerprint density at radius 2 is 0.958 bits per heavy atom. The molecule has 0 amide bonds. The van der Waals surface area contributed by atoms with E-state index in [0.29, 0.717) is 21.9 Å². The first kappa shape index (κ1) is 22.4. The lowest BCUT2D eigenvalue weighted by atomic mass is 9.80. The molecule has 0 N–H and O–H groups in total. The molecular formula is C20H44O2Si2. The van der Waals surface area contributed by atoms with Crippen molar-refractivity contribution in [2.75, 3.05) is 13.2 Å². The SMILES string of the molecule is CC(C)(C)[Si](C)(C)OC[C@H]1CCCC[C@H]1CO[Si](C)(C)C(C)(C)C. The van der Waals surface area contributed by atoms with Crippen LogP contribution in [0.1, 0.15) is 67.2 Å².